The number of anilines is 1. The Morgan fingerprint density at radius 1 is 1.12 bits per heavy atom. The van der Waals surface area contributed by atoms with Crippen LogP contribution in [0.3, 0.4) is 0 Å². The van der Waals surface area contributed by atoms with E-state index in [2.05, 4.69) is 29.7 Å². The van der Waals surface area contributed by atoms with Crippen molar-refractivity contribution >= 4 is 11.6 Å². The van der Waals surface area contributed by atoms with Gasteiger partial charge in [-0.2, -0.15) is 0 Å². The molecule has 1 aliphatic rings. The Bertz CT molecular complexity index is 688. The fourth-order valence-corrected chi connectivity index (χ4v) is 2.58. The third kappa shape index (κ3) is 4.49. The number of amides is 1. The van der Waals surface area contributed by atoms with Gasteiger partial charge in [0.25, 0.3) is 0 Å². The molecule has 1 atom stereocenters. The quantitative estimate of drug-likeness (QED) is 0.821. The minimum Gasteiger partial charge on any atom is -0.454 e. The Morgan fingerprint density at radius 3 is 2.75 bits per heavy atom. The van der Waals surface area contributed by atoms with Crippen LogP contribution in [-0.2, 0) is 11.2 Å². The van der Waals surface area contributed by atoms with Crippen LogP contribution in [0.4, 0.5) is 5.69 Å². The summed E-state index contributed by atoms with van der Waals surface area (Å²) in [5.41, 5.74) is 2.03. The summed E-state index contributed by atoms with van der Waals surface area (Å²) in [5, 5.41) is 6.12. The minimum atomic E-state index is -0.0690. The van der Waals surface area contributed by atoms with Gasteiger partial charge < -0.3 is 20.1 Å². The molecule has 2 aromatic carbocycles. The van der Waals surface area contributed by atoms with E-state index >= 15 is 0 Å². The maximum absolute atomic E-state index is 12.0. The second kappa shape index (κ2) is 7.84. The maximum atomic E-state index is 12.0. The van der Waals surface area contributed by atoms with Crippen LogP contribution in [0.15, 0.2) is 48.5 Å². The van der Waals surface area contributed by atoms with Gasteiger partial charge in [-0.15, -0.1) is 0 Å². The molecule has 0 saturated heterocycles. The molecule has 3 rings (SSSR count). The minimum absolute atomic E-state index is 0.0690. The molecule has 2 N–H and O–H groups in total. The average Bonchev–Trinajstić information content (AvgIpc) is 3.07. The topological polar surface area (TPSA) is 59.6 Å². The number of fused-ring (bicyclic) bond motifs is 1. The first-order valence-corrected chi connectivity index (χ1v) is 8.17. The first-order valence-electron chi connectivity index (χ1n) is 8.17. The van der Waals surface area contributed by atoms with Crippen molar-refractivity contribution in [2.24, 2.45) is 0 Å². The number of aryl methyl sites for hydroxylation is 1. The Kier molecular flexibility index (Phi) is 5.33. The molecule has 0 saturated carbocycles. The third-order valence-corrected chi connectivity index (χ3v) is 3.98. The molecule has 0 aliphatic carbocycles. The van der Waals surface area contributed by atoms with E-state index in [1.165, 1.54) is 5.56 Å². The zero-order chi connectivity index (χ0) is 16.8. The highest BCUT2D eigenvalue weighted by Crippen LogP contribution is 2.34. The van der Waals surface area contributed by atoms with E-state index < -0.39 is 0 Å². The van der Waals surface area contributed by atoms with Gasteiger partial charge in [-0.25, -0.2) is 0 Å². The van der Waals surface area contributed by atoms with Crippen LogP contribution in [0.5, 0.6) is 11.5 Å². The molecule has 126 valence electrons. The Labute approximate surface area is 142 Å². The Balaban J connectivity index is 1.40. The van der Waals surface area contributed by atoms with E-state index in [4.69, 9.17) is 9.47 Å². The number of rotatable bonds is 7. The zero-order valence-electron chi connectivity index (χ0n) is 13.7. The van der Waals surface area contributed by atoms with Crippen molar-refractivity contribution in [1.29, 1.82) is 0 Å². The average molecular weight is 326 g/mol. The largest absolute Gasteiger partial charge is 0.454 e. The molecule has 0 spiro atoms. The molecule has 0 radical (unpaired) electrons. The zero-order valence-corrected chi connectivity index (χ0v) is 13.7. The van der Waals surface area contributed by atoms with Gasteiger partial charge in [0.15, 0.2) is 11.5 Å². The number of carbonyl (C=O) groups is 1. The van der Waals surface area contributed by atoms with E-state index in [9.17, 15) is 4.79 Å². The highest BCUT2D eigenvalue weighted by molar-refractivity contribution is 5.92. The van der Waals surface area contributed by atoms with Crippen molar-refractivity contribution in [3.05, 3.63) is 54.1 Å². The SMILES string of the molecule is CC(CCc1ccccc1)NCC(=O)Nc1ccc2c(c1)OCO2. The molecule has 1 heterocycles. The smallest absolute Gasteiger partial charge is 0.238 e. The Hall–Kier alpha value is -2.53. The van der Waals surface area contributed by atoms with Gasteiger partial charge in [0.05, 0.1) is 6.54 Å². The van der Waals surface area contributed by atoms with E-state index in [0.717, 1.165) is 12.8 Å². The molecule has 0 bridgehead atoms. The van der Waals surface area contributed by atoms with Gasteiger partial charge in [-0.3, -0.25) is 4.79 Å². The lowest BCUT2D eigenvalue weighted by molar-refractivity contribution is -0.115. The summed E-state index contributed by atoms with van der Waals surface area (Å²) in [6, 6.07) is 16.0. The molecule has 5 heteroatoms. The van der Waals surface area contributed by atoms with E-state index in [0.29, 0.717) is 17.2 Å². The summed E-state index contributed by atoms with van der Waals surface area (Å²) in [6.45, 7) is 2.61. The Morgan fingerprint density at radius 2 is 1.92 bits per heavy atom. The van der Waals surface area contributed by atoms with Gasteiger partial charge in [0.1, 0.15) is 0 Å². The third-order valence-electron chi connectivity index (χ3n) is 3.98. The van der Waals surface area contributed by atoms with Crippen LogP contribution in [0.25, 0.3) is 0 Å². The molecule has 2 aromatic rings. The first kappa shape index (κ1) is 16.3. The summed E-state index contributed by atoms with van der Waals surface area (Å²) < 4.78 is 10.6. The van der Waals surface area contributed by atoms with Crippen molar-refractivity contribution in [1.82, 2.24) is 5.32 Å². The highest BCUT2D eigenvalue weighted by Gasteiger charge is 2.14. The van der Waals surface area contributed by atoms with Gasteiger partial charge in [-0.05, 0) is 37.5 Å². The second-order valence-corrected chi connectivity index (χ2v) is 5.92. The standard InChI is InChI=1S/C19H22N2O3/c1-14(7-8-15-5-3-2-4-6-15)20-12-19(22)21-16-9-10-17-18(11-16)24-13-23-17/h2-6,9-11,14,20H,7-8,12-13H2,1H3,(H,21,22). The lowest BCUT2D eigenvalue weighted by Crippen LogP contribution is -2.34. The number of nitrogens with one attached hydrogen (secondary N) is 2. The number of benzene rings is 2. The van der Waals surface area contributed by atoms with Crippen LogP contribution >= 0.6 is 0 Å². The van der Waals surface area contributed by atoms with Crippen LogP contribution in [0.2, 0.25) is 0 Å². The molecular formula is C19H22N2O3. The molecule has 24 heavy (non-hydrogen) atoms. The van der Waals surface area contributed by atoms with Crippen molar-refractivity contribution in [2.75, 3.05) is 18.7 Å². The van der Waals surface area contributed by atoms with Crippen LogP contribution in [0.1, 0.15) is 18.9 Å². The molecule has 5 nitrogen and oxygen atoms in total. The number of hydrogen-bond donors (Lipinski definition) is 2. The van der Waals surface area contributed by atoms with E-state index in [1.54, 1.807) is 12.1 Å². The van der Waals surface area contributed by atoms with Gasteiger partial charge in [0, 0.05) is 17.8 Å². The second-order valence-electron chi connectivity index (χ2n) is 5.92. The summed E-state index contributed by atoms with van der Waals surface area (Å²) >= 11 is 0. The van der Waals surface area contributed by atoms with Gasteiger partial charge in [-0.1, -0.05) is 30.3 Å². The van der Waals surface area contributed by atoms with Crippen LogP contribution < -0.4 is 20.1 Å². The lowest BCUT2D eigenvalue weighted by atomic mass is 10.1. The molecule has 0 fully saturated rings. The summed E-state index contributed by atoms with van der Waals surface area (Å²) in [6.07, 6.45) is 1.99. The molecule has 1 unspecified atom stereocenters. The fourth-order valence-electron chi connectivity index (χ4n) is 2.58. The lowest BCUT2D eigenvalue weighted by Gasteiger charge is -2.14. The summed E-state index contributed by atoms with van der Waals surface area (Å²) in [7, 11) is 0. The van der Waals surface area contributed by atoms with E-state index in [-0.39, 0.29) is 25.3 Å². The van der Waals surface area contributed by atoms with Gasteiger partial charge >= 0.3 is 0 Å². The highest BCUT2D eigenvalue weighted by atomic mass is 16.7. The van der Waals surface area contributed by atoms with Crippen molar-refractivity contribution in [3.63, 3.8) is 0 Å². The summed E-state index contributed by atoms with van der Waals surface area (Å²) in [4.78, 5) is 12.0. The molecular weight excluding hydrogens is 304 g/mol. The maximum Gasteiger partial charge on any atom is 0.238 e. The first-order chi connectivity index (χ1) is 11.7. The van der Waals surface area contributed by atoms with Crippen LogP contribution in [0, 0.1) is 0 Å². The normalized spacial score (nSPS) is 13.5. The monoisotopic (exact) mass is 326 g/mol. The number of ether oxygens (including phenoxy) is 2. The van der Waals surface area contributed by atoms with Crippen LogP contribution in [-0.4, -0.2) is 25.3 Å². The molecule has 1 amide bonds. The van der Waals surface area contributed by atoms with Crippen molar-refractivity contribution in [2.45, 2.75) is 25.8 Å². The molecule has 0 aromatic heterocycles. The number of hydrogen-bond acceptors (Lipinski definition) is 4. The van der Waals surface area contributed by atoms with Crippen molar-refractivity contribution in [3.8, 4) is 11.5 Å². The summed E-state index contributed by atoms with van der Waals surface area (Å²) in [5.74, 6) is 1.30. The predicted octanol–water partition coefficient (Wildman–Crippen LogP) is 2.96. The van der Waals surface area contributed by atoms with Crippen molar-refractivity contribution < 1.29 is 14.3 Å². The van der Waals surface area contributed by atoms with E-state index in [1.807, 2.05) is 24.3 Å². The predicted molar refractivity (Wildman–Crippen MR) is 93.4 cm³/mol. The number of carbonyl (C=O) groups excluding carboxylic acids is 1. The fraction of sp³-hybridized carbons (Fsp3) is 0.316. The molecule has 1 aliphatic heterocycles. The van der Waals surface area contributed by atoms with Gasteiger partial charge in [0.2, 0.25) is 12.7 Å².